The second-order valence-corrected chi connectivity index (χ2v) is 4.17. The number of carbonyl (C=O) groups excluding carboxylic acids is 1. The average Bonchev–Trinajstić information content (AvgIpc) is 2.75. The minimum atomic E-state index is -0.0382. The summed E-state index contributed by atoms with van der Waals surface area (Å²) < 4.78 is 5.18. The summed E-state index contributed by atoms with van der Waals surface area (Å²) in [5.41, 5.74) is 5.92. The lowest BCUT2D eigenvalue weighted by molar-refractivity contribution is -0.121. The van der Waals surface area contributed by atoms with Gasteiger partial charge in [-0.3, -0.25) is 4.79 Å². The summed E-state index contributed by atoms with van der Waals surface area (Å²) in [6.45, 7) is 1.99. The van der Waals surface area contributed by atoms with Crippen LogP contribution in [0.4, 0.5) is 0 Å². The third-order valence-corrected chi connectivity index (χ3v) is 2.89. The monoisotopic (exact) mass is 229 g/mol. The van der Waals surface area contributed by atoms with E-state index in [9.17, 15) is 4.79 Å². The van der Waals surface area contributed by atoms with Crippen LogP contribution >= 0.6 is 0 Å². The summed E-state index contributed by atoms with van der Waals surface area (Å²) >= 11 is 0. The van der Waals surface area contributed by atoms with Crippen LogP contribution in [0.1, 0.15) is 18.9 Å². The van der Waals surface area contributed by atoms with Crippen molar-refractivity contribution in [2.24, 2.45) is 11.0 Å². The number of oxazole rings is 1. The molecular formula is C12H11N3O2. The van der Waals surface area contributed by atoms with Crippen molar-refractivity contribution in [2.75, 3.05) is 0 Å². The van der Waals surface area contributed by atoms with Crippen LogP contribution in [0, 0.1) is 5.92 Å². The van der Waals surface area contributed by atoms with Crippen molar-refractivity contribution in [1.29, 1.82) is 0 Å². The maximum absolute atomic E-state index is 11.2. The molecule has 0 bridgehead atoms. The Kier molecular flexibility index (Phi) is 2.18. The largest absolute Gasteiger partial charge is 0.443 e. The molecule has 0 aliphatic carbocycles. The van der Waals surface area contributed by atoms with Gasteiger partial charge in [0, 0.05) is 17.9 Å². The van der Waals surface area contributed by atoms with E-state index in [0.29, 0.717) is 6.42 Å². The van der Waals surface area contributed by atoms with Gasteiger partial charge >= 0.3 is 0 Å². The number of nitrogens with one attached hydrogen (secondary N) is 1. The predicted octanol–water partition coefficient (Wildman–Crippen LogP) is 1.69. The number of hydrogen-bond donors (Lipinski definition) is 1. The number of aromatic nitrogens is 1. The van der Waals surface area contributed by atoms with Gasteiger partial charge in [0.1, 0.15) is 5.52 Å². The van der Waals surface area contributed by atoms with E-state index >= 15 is 0 Å². The number of amides is 1. The smallest absolute Gasteiger partial charge is 0.240 e. The SMILES string of the molecule is CC1CC(=O)NN=C1c1ccc2ocnc2c1. The molecular weight excluding hydrogens is 218 g/mol. The number of carbonyl (C=O) groups is 1. The molecule has 0 saturated carbocycles. The van der Waals surface area contributed by atoms with Gasteiger partial charge in [0.25, 0.3) is 0 Å². The molecule has 1 aliphatic rings. The van der Waals surface area contributed by atoms with E-state index in [0.717, 1.165) is 22.4 Å². The van der Waals surface area contributed by atoms with Crippen LogP contribution in [0.2, 0.25) is 0 Å². The number of hydrazone groups is 1. The quantitative estimate of drug-likeness (QED) is 0.809. The molecule has 3 rings (SSSR count). The lowest BCUT2D eigenvalue weighted by Crippen LogP contribution is -2.31. The van der Waals surface area contributed by atoms with Gasteiger partial charge in [-0.25, -0.2) is 10.4 Å². The molecule has 2 aromatic rings. The van der Waals surface area contributed by atoms with Crippen LogP contribution < -0.4 is 5.43 Å². The molecule has 0 fully saturated rings. The average molecular weight is 229 g/mol. The topological polar surface area (TPSA) is 67.5 Å². The van der Waals surface area contributed by atoms with E-state index in [2.05, 4.69) is 15.5 Å². The summed E-state index contributed by atoms with van der Waals surface area (Å²) in [6, 6.07) is 5.72. The van der Waals surface area contributed by atoms with E-state index in [1.807, 2.05) is 25.1 Å². The lowest BCUT2D eigenvalue weighted by Gasteiger charge is -2.18. The fourth-order valence-electron chi connectivity index (χ4n) is 2.02. The Morgan fingerprint density at radius 3 is 3.18 bits per heavy atom. The van der Waals surface area contributed by atoms with E-state index in [1.165, 1.54) is 6.39 Å². The van der Waals surface area contributed by atoms with Gasteiger partial charge in [-0.15, -0.1) is 0 Å². The molecule has 5 heteroatoms. The Balaban J connectivity index is 2.05. The number of nitrogens with zero attached hydrogens (tertiary/aromatic N) is 2. The maximum Gasteiger partial charge on any atom is 0.240 e. The summed E-state index contributed by atoms with van der Waals surface area (Å²) in [6.07, 6.45) is 1.89. The van der Waals surface area contributed by atoms with Crippen molar-refractivity contribution in [2.45, 2.75) is 13.3 Å². The highest BCUT2D eigenvalue weighted by molar-refractivity contribution is 6.07. The van der Waals surface area contributed by atoms with Crippen LogP contribution in [0.3, 0.4) is 0 Å². The van der Waals surface area contributed by atoms with Gasteiger partial charge in [0.05, 0.1) is 5.71 Å². The molecule has 0 spiro atoms. The molecule has 1 amide bonds. The van der Waals surface area contributed by atoms with Gasteiger partial charge in [-0.2, -0.15) is 5.10 Å². The molecule has 1 aromatic carbocycles. The molecule has 0 saturated heterocycles. The molecule has 1 atom stereocenters. The molecule has 1 unspecified atom stereocenters. The van der Waals surface area contributed by atoms with E-state index in [4.69, 9.17) is 4.42 Å². The molecule has 1 N–H and O–H groups in total. The van der Waals surface area contributed by atoms with Crippen molar-refractivity contribution in [3.05, 3.63) is 30.2 Å². The van der Waals surface area contributed by atoms with Crippen LogP contribution in [0.15, 0.2) is 34.1 Å². The maximum atomic E-state index is 11.2. The van der Waals surface area contributed by atoms with Gasteiger partial charge in [-0.05, 0) is 18.2 Å². The number of fused-ring (bicyclic) bond motifs is 1. The normalized spacial score (nSPS) is 20.2. The second kappa shape index (κ2) is 3.69. The predicted molar refractivity (Wildman–Crippen MR) is 62.5 cm³/mol. The molecule has 86 valence electrons. The van der Waals surface area contributed by atoms with Gasteiger partial charge in [0.2, 0.25) is 5.91 Å². The van der Waals surface area contributed by atoms with Crippen molar-refractivity contribution in [1.82, 2.24) is 10.4 Å². The van der Waals surface area contributed by atoms with Gasteiger partial charge in [-0.1, -0.05) is 6.92 Å². The van der Waals surface area contributed by atoms with Crippen molar-refractivity contribution in [3.8, 4) is 0 Å². The van der Waals surface area contributed by atoms with E-state index in [1.54, 1.807) is 0 Å². The minimum absolute atomic E-state index is 0.0382. The highest BCUT2D eigenvalue weighted by Crippen LogP contribution is 2.20. The third-order valence-electron chi connectivity index (χ3n) is 2.89. The zero-order valence-electron chi connectivity index (χ0n) is 9.30. The standard InChI is InChI=1S/C12H11N3O2/c1-7-4-11(16)14-15-12(7)8-2-3-10-9(5-8)13-6-17-10/h2-3,5-7H,4H2,1H3,(H,14,16). The first-order chi connectivity index (χ1) is 8.24. The molecule has 5 nitrogen and oxygen atoms in total. The molecule has 1 aromatic heterocycles. The Morgan fingerprint density at radius 2 is 2.35 bits per heavy atom. The zero-order chi connectivity index (χ0) is 11.8. The first-order valence-electron chi connectivity index (χ1n) is 5.44. The van der Waals surface area contributed by atoms with Crippen molar-refractivity contribution < 1.29 is 9.21 Å². The number of hydrogen-bond acceptors (Lipinski definition) is 4. The zero-order valence-corrected chi connectivity index (χ0v) is 9.30. The lowest BCUT2D eigenvalue weighted by atomic mass is 9.94. The summed E-state index contributed by atoms with van der Waals surface area (Å²) in [7, 11) is 0. The van der Waals surface area contributed by atoms with Crippen molar-refractivity contribution in [3.63, 3.8) is 0 Å². The van der Waals surface area contributed by atoms with Crippen LogP contribution in [-0.4, -0.2) is 16.6 Å². The highest BCUT2D eigenvalue weighted by atomic mass is 16.3. The van der Waals surface area contributed by atoms with Crippen LogP contribution in [-0.2, 0) is 4.79 Å². The van der Waals surface area contributed by atoms with E-state index < -0.39 is 0 Å². The highest BCUT2D eigenvalue weighted by Gasteiger charge is 2.21. The molecule has 2 heterocycles. The fraction of sp³-hybridized carbons (Fsp3) is 0.250. The number of benzene rings is 1. The second-order valence-electron chi connectivity index (χ2n) is 4.17. The molecule has 1 aliphatic heterocycles. The van der Waals surface area contributed by atoms with Gasteiger partial charge in [0.15, 0.2) is 12.0 Å². The third kappa shape index (κ3) is 1.69. The fourth-order valence-corrected chi connectivity index (χ4v) is 2.02. The number of rotatable bonds is 1. The molecule has 17 heavy (non-hydrogen) atoms. The molecule has 0 radical (unpaired) electrons. The first-order valence-corrected chi connectivity index (χ1v) is 5.44. The van der Waals surface area contributed by atoms with Crippen LogP contribution in [0.5, 0.6) is 0 Å². The minimum Gasteiger partial charge on any atom is -0.443 e. The Bertz CT molecular complexity index is 615. The van der Waals surface area contributed by atoms with Crippen LogP contribution in [0.25, 0.3) is 11.1 Å². The van der Waals surface area contributed by atoms with Gasteiger partial charge < -0.3 is 4.42 Å². The Morgan fingerprint density at radius 1 is 1.47 bits per heavy atom. The summed E-state index contributed by atoms with van der Waals surface area (Å²) in [5.74, 6) is 0.0804. The van der Waals surface area contributed by atoms with E-state index in [-0.39, 0.29) is 11.8 Å². The first kappa shape index (κ1) is 10.0. The summed E-state index contributed by atoms with van der Waals surface area (Å²) in [4.78, 5) is 15.3. The Labute approximate surface area is 97.5 Å². The van der Waals surface area contributed by atoms with Crippen molar-refractivity contribution >= 4 is 22.7 Å². The Hall–Kier alpha value is -2.17. The summed E-state index contributed by atoms with van der Waals surface area (Å²) in [5, 5.41) is 4.11.